The Kier molecular flexibility index (Phi) is 2.28. The summed E-state index contributed by atoms with van der Waals surface area (Å²) < 4.78 is 0. The molecule has 20 heavy (non-hydrogen) atoms. The molecule has 4 heteroatoms. The Balaban J connectivity index is 1.64. The molecule has 2 aliphatic heterocycles. The Morgan fingerprint density at radius 2 is 1.35 bits per heavy atom. The Hall–Kier alpha value is -2.46. The summed E-state index contributed by atoms with van der Waals surface area (Å²) in [4.78, 5) is 24.7. The first kappa shape index (κ1) is 11.4. The molecule has 1 fully saturated rings. The molecule has 0 spiro atoms. The number of nitrogens with zero attached hydrogens (tertiary/aromatic N) is 2. The van der Waals surface area contributed by atoms with Gasteiger partial charge in [0.05, 0.1) is 17.2 Å². The molecular weight excluding hydrogens is 252 g/mol. The zero-order chi connectivity index (χ0) is 13.7. The first-order valence-electron chi connectivity index (χ1n) is 6.56. The highest BCUT2D eigenvalue weighted by Crippen LogP contribution is 2.39. The summed E-state index contributed by atoms with van der Waals surface area (Å²) in [6.45, 7) is 0.704. The quantitative estimate of drug-likeness (QED) is 0.617. The number of amides is 2. The molecular formula is C16H12N2O2. The lowest BCUT2D eigenvalue weighted by molar-refractivity contribution is 0.0370. The summed E-state index contributed by atoms with van der Waals surface area (Å²) in [5.41, 5.74) is 2.12. The maximum Gasteiger partial charge on any atom is 0.276 e. The summed E-state index contributed by atoms with van der Waals surface area (Å²) >= 11 is 0. The van der Waals surface area contributed by atoms with Crippen molar-refractivity contribution < 1.29 is 9.59 Å². The monoisotopic (exact) mass is 264 g/mol. The van der Waals surface area contributed by atoms with Crippen LogP contribution in [0.1, 0.15) is 32.3 Å². The predicted octanol–water partition coefficient (Wildman–Crippen LogP) is 2.25. The first-order valence-corrected chi connectivity index (χ1v) is 6.56. The summed E-state index contributed by atoms with van der Waals surface area (Å²) in [5, 5.41) is 3.10. The van der Waals surface area contributed by atoms with Crippen molar-refractivity contribution in [2.24, 2.45) is 0 Å². The van der Waals surface area contributed by atoms with E-state index in [2.05, 4.69) is 0 Å². The fourth-order valence-corrected chi connectivity index (χ4v) is 2.71. The van der Waals surface area contributed by atoms with E-state index >= 15 is 0 Å². The molecule has 98 valence electrons. The zero-order valence-electron chi connectivity index (χ0n) is 10.7. The van der Waals surface area contributed by atoms with Crippen LogP contribution in [0.2, 0.25) is 0 Å². The second kappa shape index (κ2) is 4.02. The largest absolute Gasteiger partial charge is 0.276 e. The van der Waals surface area contributed by atoms with Crippen LogP contribution in [0.3, 0.4) is 0 Å². The zero-order valence-corrected chi connectivity index (χ0v) is 10.7. The van der Waals surface area contributed by atoms with Gasteiger partial charge in [0, 0.05) is 6.54 Å². The van der Waals surface area contributed by atoms with Gasteiger partial charge in [-0.15, -0.1) is 0 Å². The van der Waals surface area contributed by atoms with Crippen LogP contribution in [-0.2, 0) is 0 Å². The van der Waals surface area contributed by atoms with E-state index in [4.69, 9.17) is 0 Å². The number of rotatable bonds is 2. The minimum absolute atomic E-state index is 0.124. The summed E-state index contributed by atoms with van der Waals surface area (Å²) in [6, 6.07) is 17.0. The minimum atomic E-state index is -0.218. The highest BCUT2D eigenvalue weighted by Gasteiger charge is 2.49. The second-order valence-corrected chi connectivity index (χ2v) is 5.02. The summed E-state index contributed by atoms with van der Waals surface area (Å²) in [7, 11) is 0. The van der Waals surface area contributed by atoms with E-state index in [1.54, 1.807) is 24.3 Å². The average Bonchev–Trinajstić information content (AvgIpc) is 3.24. The Labute approximate surface area is 116 Å². The predicted molar refractivity (Wildman–Crippen MR) is 72.8 cm³/mol. The van der Waals surface area contributed by atoms with Crippen molar-refractivity contribution in [1.82, 2.24) is 10.0 Å². The fraction of sp³-hybridized carbons (Fsp3) is 0.125. The van der Waals surface area contributed by atoms with Gasteiger partial charge >= 0.3 is 0 Å². The van der Waals surface area contributed by atoms with Gasteiger partial charge in [0.2, 0.25) is 0 Å². The minimum Gasteiger partial charge on any atom is -0.267 e. The van der Waals surface area contributed by atoms with E-state index in [0.29, 0.717) is 17.7 Å². The molecule has 0 aliphatic carbocycles. The smallest absolute Gasteiger partial charge is 0.267 e. The van der Waals surface area contributed by atoms with Crippen molar-refractivity contribution in [2.45, 2.75) is 6.04 Å². The maximum absolute atomic E-state index is 12.3. The topological polar surface area (TPSA) is 40.4 Å². The molecule has 2 atom stereocenters. The van der Waals surface area contributed by atoms with Gasteiger partial charge in [-0.05, 0) is 17.7 Å². The Morgan fingerprint density at radius 1 is 0.800 bits per heavy atom. The molecule has 2 aromatic carbocycles. The van der Waals surface area contributed by atoms with Crippen LogP contribution < -0.4 is 0 Å². The van der Waals surface area contributed by atoms with Crippen molar-refractivity contribution >= 4 is 11.8 Å². The van der Waals surface area contributed by atoms with Gasteiger partial charge in [-0.3, -0.25) is 9.59 Å². The number of hydrogen-bond donors (Lipinski definition) is 0. The molecule has 0 radical (unpaired) electrons. The number of hydrazine groups is 1. The molecule has 2 amide bonds. The molecule has 0 bridgehead atoms. The number of imide groups is 1. The third-order valence-electron chi connectivity index (χ3n) is 3.80. The first-order chi connectivity index (χ1) is 9.77. The van der Waals surface area contributed by atoms with E-state index in [-0.39, 0.29) is 17.9 Å². The SMILES string of the molecule is O=C1c2ccccc2C(=O)N1N1C[C@@H]1c1ccccc1. The maximum atomic E-state index is 12.3. The summed E-state index contributed by atoms with van der Waals surface area (Å²) in [6.07, 6.45) is 0. The van der Waals surface area contributed by atoms with Crippen molar-refractivity contribution in [2.75, 3.05) is 6.54 Å². The Morgan fingerprint density at radius 3 is 1.95 bits per heavy atom. The van der Waals surface area contributed by atoms with Crippen molar-refractivity contribution in [3.8, 4) is 0 Å². The van der Waals surface area contributed by atoms with E-state index in [9.17, 15) is 9.59 Å². The molecule has 2 aliphatic rings. The van der Waals surface area contributed by atoms with E-state index < -0.39 is 0 Å². The van der Waals surface area contributed by atoms with E-state index in [1.165, 1.54) is 5.01 Å². The molecule has 1 saturated heterocycles. The van der Waals surface area contributed by atoms with Crippen LogP contribution in [0, 0.1) is 0 Å². The molecule has 0 aromatic heterocycles. The molecule has 4 nitrogen and oxygen atoms in total. The van der Waals surface area contributed by atoms with Crippen LogP contribution in [0.15, 0.2) is 54.6 Å². The number of carbonyl (C=O) groups excluding carboxylic acids is 2. The molecule has 4 rings (SSSR count). The van der Waals surface area contributed by atoms with Crippen molar-refractivity contribution in [3.05, 3.63) is 71.3 Å². The van der Waals surface area contributed by atoms with Gasteiger partial charge in [-0.25, -0.2) is 5.01 Å². The van der Waals surface area contributed by atoms with Crippen LogP contribution in [0.25, 0.3) is 0 Å². The average molecular weight is 264 g/mol. The second-order valence-electron chi connectivity index (χ2n) is 5.02. The van der Waals surface area contributed by atoms with E-state index in [0.717, 1.165) is 5.56 Å². The van der Waals surface area contributed by atoms with Gasteiger partial charge in [-0.2, -0.15) is 5.01 Å². The van der Waals surface area contributed by atoms with Crippen LogP contribution >= 0.6 is 0 Å². The van der Waals surface area contributed by atoms with Gasteiger partial charge < -0.3 is 0 Å². The highest BCUT2D eigenvalue weighted by molar-refractivity contribution is 6.21. The number of fused-ring (bicyclic) bond motifs is 1. The van der Waals surface area contributed by atoms with Gasteiger partial charge in [0.25, 0.3) is 11.8 Å². The fourth-order valence-electron chi connectivity index (χ4n) is 2.71. The lowest BCUT2D eigenvalue weighted by Gasteiger charge is -2.15. The molecule has 0 saturated carbocycles. The molecule has 1 unspecified atom stereocenters. The number of carbonyl (C=O) groups is 2. The third-order valence-corrected chi connectivity index (χ3v) is 3.80. The van der Waals surface area contributed by atoms with Crippen LogP contribution in [0.5, 0.6) is 0 Å². The van der Waals surface area contributed by atoms with Gasteiger partial charge in [-0.1, -0.05) is 42.5 Å². The Bertz CT molecular complexity index is 676. The van der Waals surface area contributed by atoms with Gasteiger partial charge in [0.1, 0.15) is 0 Å². The van der Waals surface area contributed by atoms with E-state index in [1.807, 2.05) is 35.3 Å². The normalized spacial score (nSPS) is 23.9. The molecule has 2 heterocycles. The summed E-state index contributed by atoms with van der Waals surface area (Å²) in [5.74, 6) is -0.437. The number of hydrogen-bond acceptors (Lipinski definition) is 3. The highest BCUT2D eigenvalue weighted by atomic mass is 16.2. The van der Waals surface area contributed by atoms with Crippen molar-refractivity contribution in [1.29, 1.82) is 0 Å². The lowest BCUT2D eigenvalue weighted by Crippen LogP contribution is -2.35. The standard InChI is InChI=1S/C16H12N2O2/c19-15-12-8-4-5-9-13(12)16(20)18(15)17-10-14(17)11-6-2-1-3-7-11/h1-9,14H,10H2/t14-,17?/m1/s1. The number of benzene rings is 2. The van der Waals surface area contributed by atoms with Crippen LogP contribution in [-0.4, -0.2) is 28.4 Å². The van der Waals surface area contributed by atoms with Crippen LogP contribution in [0.4, 0.5) is 0 Å². The van der Waals surface area contributed by atoms with Crippen molar-refractivity contribution in [3.63, 3.8) is 0 Å². The molecule has 2 aromatic rings. The third kappa shape index (κ3) is 1.52. The lowest BCUT2D eigenvalue weighted by atomic mass is 10.1. The van der Waals surface area contributed by atoms with Gasteiger partial charge in [0.15, 0.2) is 0 Å². The molecule has 0 N–H and O–H groups in total.